The lowest BCUT2D eigenvalue weighted by Gasteiger charge is -2.21. The van der Waals surface area contributed by atoms with Crippen LogP contribution in [0.5, 0.6) is 5.75 Å². The van der Waals surface area contributed by atoms with Gasteiger partial charge in [0.2, 0.25) is 0 Å². The largest absolute Gasteiger partial charge is 0.497 e. The van der Waals surface area contributed by atoms with Crippen molar-refractivity contribution in [2.24, 2.45) is 0 Å². The van der Waals surface area contributed by atoms with Crippen LogP contribution in [-0.2, 0) is 0 Å². The number of anilines is 1. The molecule has 5 nitrogen and oxygen atoms in total. The molecule has 2 aromatic carbocycles. The standard InChI is InChI=1S/C17H19ClN2O3/c1-20(17(22)19-14-5-3-4-13(18)10-14)11-16(21)12-6-8-15(23-2)9-7-12/h3-10,16,21H,11H2,1-2H3,(H,19,22). The average Bonchev–Trinajstić information content (AvgIpc) is 2.54. The van der Waals surface area contributed by atoms with E-state index >= 15 is 0 Å². The third kappa shape index (κ3) is 4.87. The number of nitrogens with one attached hydrogen (secondary N) is 1. The minimum absolute atomic E-state index is 0.165. The Hall–Kier alpha value is -2.24. The number of halogens is 1. The van der Waals surface area contributed by atoms with Crippen LogP contribution in [-0.4, -0.2) is 36.7 Å². The Labute approximate surface area is 140 Å². The van der Waals surface area contributed by atoms with Gasteiger partial charge in [-0.25, -0.2) is 4.79 Å². The van der Waals surface area contributed by atoms with Gasteiger partial charge >= 0.3 is 6.03 Å². The molecule has 0 heterocycles. The van der Waals surface area contributed by atoms with Gasteiger partial charge in [-0.1, -0.05) is 29.8 Å². The number of methoxy groups -OCH3 is 1. The van der Waals surface area contributed by atoms with Gasteiger partial charge in [-0.3, -0.25) is 0 Å². The second-order valence-corrected chi connectivity index (χ2v) is 5.55. The summed E-state index contributed by atoms with van der Waals surface area (Å²) in [4.78, 5) is 13.5. The number of ether oxygens (including phenoxy) is 1. The lowest BCUT2D eigenvalue weighted by Crippen LogP contribution is -2.34. The Bertz CT molecular complexity index is 661. The third-order valence-corrected chi connectivity index (χ3v) is 3.61. The number of carbonyl (C=O) groups excluding carboxylic acids is 1. The van der Waals surface area contributed by atoms with Gasteiger partial charge in [0.05, 0.1) is 19.8 Å². The van der Waals surface area contributed by atoms with Crippen molar-refractivity contribution in [3.05, 3.63) is 59.1 Å². The zero-order chi connectivity index (χ0) is 16.8. The summed E-state index contributed by atoms with van der Waals surface area (Å²) in [7, 11) is 3.20. The van der Waals surface area contributed by atoms with Gasteiger partial charge in [-0.2, -0.15) is 0 Å². The van der Waals surface area contributed by atoms with Crippen molar-refractivity contribution in [3.63, 3.8) is 0 Å². The monoisotopic (exact) mass is 334 g/mol. The first-order valence-electron chi connectivity index (χ1n) is 7.09. The summed E-state index contributed by atoms with van der Waals surface area (Å²) in [5.74, 6) is 0.716. The molecule has 1 atom stereocenters. The number of hydrogen-bond donors (Lipinski definition) is 2. The van der Waals surface area contributed by atoms with Gasteiger partial charge in [-0.05, 0) is 35.9 Å². The molecule has 2 N–H and O–H groups in total. The highest BCUT2D eigenvalue weighted by atomic mass is 35.5. The maximum absolute atomic E-state index is 12.1. The van der Waals surface area contributed by atoms with Crippen molar-refractivity contribution >= 4 is 23.3 Å². The number of likely N-dealkylation sites (N-methyl/N-ethyl adjacent to an activating group) is 1. The van der Waals surface area contributed by atoms with Crippen LogP contribution in [0.3, 0.4) is 0 Å². The predicted molar refractivity (Wildman–Crippen MR) is 91.1 cm³/mol. The van der Waals surface area contributed by atoms with E-state index in [2.05, 4.69) is 5.32 Å². The number of urea groups is 1. The molecule has 1 unspecified atom stereocenters. The van der Waals surface area contributed by atoms with Crippen molar-refractivity contribution in [2.45, 2.75) is 6.10 Å². The van der Waals surface area contributed by atoms with Crippen LogP contribution in [0.1, 0.15) is 11.7 Å². The summed E-state index contributed by atoms with van der Waals surface area (Å²) in [5, 5.41) is 13.5. The lowest BCUT2D eigenvalue weighted by atomic mass is 10.1. The van der Waals surface area contributed by atoms with E-state index in [1.54, 1.807) is 62.7 Å². The minimum Gasteiger partial charge on any atom is -0.497 e. The van der Waals surface area contributed by atoms with Gasteiger partial charge in [0.15, 0.2) is 0 Å². The number of aliphatic hydroxyl groups is 1. The second kappa shape index (κ2) is 7.85. The summed E-state index contributed by atoms with van der Waals surface area (Å²) >= 11 is 5.88. The van der Waals surface area contributed by atoms with Crippen LogP contribution < -0.4 is 10.1 Å². The summed E-state index contributed by atoms with van der Waals surface area (Å²) in [6.45, 7) is 0.165. The molecular formula is C17H19ClN2O3. The fraction of sp³-hybridized carbons (Fsp3) is 0.235. The van der Waals surface area contributed by atoms with Gasteiger partial charge in [0, 0.05) is 17.8 Å². The number of carbonyl (C=O) groups is 1. The van der Waals surface area contributed by atoms with Crippen molar-refractivity contribution in [2.75, 3.05) is 26.0 Å². The second-order valence-electron chi connectivity index (χ2n) is 5.11. The summed E-state index contributed by atoms with van der Waals surface area (Å²) in [6.07, 6.45) is -0.781. The molecule has 0 aliphatic rings. The fourth-order valence-corrected chi connectivity index (χ4v) is 2.25. The zero-order valence-electron chi connectivity index (χ0n) is 13.0. The Kier molecular flexibility index (Phi) is 5.84. The predicted octanol–water partition coefficient (Wildman–Crippen LogP) is 3.55. The van der Waals surface area contributed by atoms with Gasteiger partial charge in [0.1, 0.15) is 5.75 Å². The molecular weight excluding hydrogens is 316 g/mol. The van der Waals surface area contributed by atoms with E-state index in [0.29, 0.717) is 22.0 Å². The van der Waals surface area contributed by atoms with E-state index in [1.807, 2.05) is 0 Å². The number of benzene rings is 2. The first kappa shape index (κ1) is 17.1. The molecule has 0 bridgehead atoms. The van der Waals surface area contributed by atoms with E-state index in [1.165, 1.54) is 4.90 Å². The molecule has 0 spiro atoms. The van der Waals surface area contributed by atoms with Crippen LogP contribution in [0.2, 0.25) is 5.02 Å². The molecule has 2 aromatic rings. The molecule has 0 radical (unpaired) electrons. The van der Waals surface area contributed by atoms with E-state index < -0.39 is 6.10 Å². The van der Waals surface area contributed by atoms with Crippen LogP contribution in [0.25, 0.3) is 0 Å². The SMILES string of the molecule is COc1ccc(C(O)CN(C)C(=O)Nc2cccc(Cl)c2)cc1. The number of rotatable bonds is 5. The maximum Gasteiger partial charge on any atom is 0.321 e. The number of nitrogens with zero attached hydrogens (tertiary/aromatic N) is 1. The van der Waals surface area contributed by atoms with E-state index in [-0.39, 0.29) is 12.6 Å². The number of aliphatic hydroxyl groups excluding tert-OH is 1. The fourth-order valence-electron chi connectivity index (χ4n) is 2.06. The topological polar surface area (TPSA) is 61.8 Å². The Morgan fingerprint density at radius 1 is 1.30 bits per heavy atom. The molecule has 6 heteroatoms. The quantitative estimate of drug-likeness (QED) is 0.879. The first-order valence-corrected chi connectivity index (χ1v) is 7.47. The molecule has 0 aliphatic heterocycles. The molecule has 0 aromatic heterocycles. The van der Waals surface area contributed by atoms with E-state index in [4.69, 9.17) is 16.3 Å². The zero-order valence-corrected chi connectivity index (χ0v) is 13.7. The van der Waals surface area contributed by atoms with Crippen molar-refractivity contribution in [1.82, 2.24) is 4.90 Å². The third-order valence-electron chi connectivity index (χ3n) is 3.37. The van der Waals surface area contributed by atoms with Crippen LogP contribution >= 0.6 is 11.6 Å². The van der Waals surface area contributed by atoms with Crippen LogP contribution in [0, 0.1) is 0 Å². The molecule has 0 aliphatic carbocycles. The number of amides is 2. The molecule has 0 saturated carbocycles. The summed E-state index contributed by atoms with van der Waals surface area (Å²) < 4.78 is 5.08. The molecule has 0 fully saturated rings. The van der Waals surface area contributed by atoms with Gasteiger partial charge in [-0.15, -0.1) is 0 Å². The normalized spacial score (nSPS) is 11.7. The smallest absolute Gasteiger partial charge is 0.321 e. The van der Waals surface area contributed by atoms with E-state index in [9.17, 15) is 9.90 Å². The Morgan fingerprint density at radius 3 is 2.61 bits per heavy atom. The Balaban J connectivity index is 1.94. The average molecular weight is 335 g/mol. The number of hydrogen-bond acceptors (Lipinski definition) is 3. The van der Waals surface area contributed by atoms with Gasteiger partial charge < -0.3 is 20.1 Å². The Morgan fingerprint density at radius 2 is 2.00 bits per heavy atom. The highest BCUT2D eigenvalue weighted by Crippen LogP contribution is 2.19. The summed E-state index contributed by atoms with van der Waals surface area (Å²) in [6, 6.07) is 13.6. The van der Waals surface area contributed by atoms with Crippen molar-refractivity contribution in [3.8, 4) is 5.75 Å². The first-order chi connectivity index (χ1) is 11.0. The van der Waals surface area contributed by atoms with Crippen LogP contribution in [0.4, 0.5) is 10.5 Å². The molecule has 2 amide bonds. The molecule has 2 rings (SSSR count). The highest BCUT2D eigenvalue weighted by molar-refractivity contribution is 6.30. The van der Waals surface area contributed by atoms with Crippen molar-refractivity contribution in [1.29, 1.82) is 0 Å². The maximum atomic E-state index is 12.1. The molecule has 122 valence electrons. The molecule has 23 heavy (non-hydrogen) atoms. The highest BCUT2D eigenvalue weighted by Gasteiger charge is 2.15. The minimum atomic E-state index is -0.781. The van der Waals surface area contributed by atoms with Crippen molar-refractivity contribution < 1.29 is 14.6 Å². The van der Waals surface area contributed by atoms with Gasteiger partial charge in [0.25, 0.3) is 0 Å². The summed E-state index contributed by atoms with van der Waals surface area (Å²) in [5.41, 5.74) is 1.32. The van der Waals surface area contributed by atoms with Crippen LogP contribution in [0.15, 0.2) is 48.5 Å². The lowest BCUT2D eigenvalue weighted by molar-refractivity contribution is 0.136. The molecule has 0 saturated heterocycles. The van der Waals surface area contributed by atoms with E-state index in [0.717, 1.165) is 0 Å².